The Morgan fingerprint density at radius 3 is 2.27 bits per heavy atom. The maximum atomic E-state index is 13.3. The molecule has 0 unspecified atom stereocenters. The van der Waals surface area contributed by atoms with Gasteiger partial charge in [0.1, 0.15) is 11.4 Å². The number of likely N-dealkylation sites (tertiary alicyclic amines) is 1. The summed E-state index contributed by atoms with van der Waals surface area (Å²) in [4.78, 5) is 40.2. The van der Waals surface area contributed by atoms with Crippen LogP contribution in [0.5, 0.6) is 0 Å². The molecule has 0 spiro atoms. The largest absolute Gasteiger partial charge is 0.453 e. The fourth-order valence-electron chi connectivity index (χ4n) is 3.89. The molecule has 1 heterocycles. The molecule has 154 valence electrons. The summed E-state index contributed by atoms with van der Waals surface area (Å²) in [6, 6.07) is 13.9. The van der Waals surface area contributed by atoms with Crippen LogP contribution in [0.3, 0.4) is 0 Å². The van der Waals surface area contributed by atoms with Crippen LogP contribution in [0.2, 0.25) is 0 Å². The van der Waals surface area contributed by atoms with Gasteiger partial charge in [-0.15, -0.1) is 0 Å². The maximum Gasteiger partial charge on any atom is 0.411 e. The fraction of sp³-hybridized carbons (Fsp3) is 0.261. The average molecular weight is 405 g/mol. The normalized spacial score (nSPS) is 16.2. The van der Waals surface area contributed by atoms with Gasteiger partial charge in [-0.25, -0.2) is 4.79 Å². The molecule has 1 saturated heterocycles. The molecular formula is C23H23N3O4. The van der Waals surface area contributed by atoms with Crippen LogP contribution in [0.4, 0.5) is 16.2 Å². The van der Waals surface area contributed by atoms with E-state index in [0.717, 1.165) is 32.4 Å². The molecule has 0 saturated carbocycles. The van der Waals surface area contributed by atoms with Crippen LogP contribution in [0.25, 0.3) is 0 Å². The van der Waals surface area contributed by atoms with E-state index in [1.807, 2.05) is 4.90 Å². The van der Waals surface area contributed by atoms with Crippen LogP contribution in [-0.4, -0.2) is 42.8 Å². The number of amides is 1. The zero-order chi connectivity index (χ0) is 21.1. The van der Waals surface area contributed by atoms with Gasteiger partial charge >= 0.3 is 6.09 Å². The lowest BCUT2D eigenvalue weighted by atomic mass is 9.89. The molecule has 30 heavy (non-hydrogen) atoms. The Labute approximate surface area is 174 Å². The number of nitrogens with zero attached hydrogens (tertiary/aromatic N) is 1. The lowest BCUT2D eigenvalue weighted by Crippen LogP contribution is -2.39. The summed E-state index contributed by atoms with van der Waals surface area (Å²) < 4.78 is 4.63. The zero-order valence-corrected chi connectivity index (χ0v) is 16.7. The molecule has 0 bridgehead atoms. The highest BCUT2D eigenvalue weighted by Gasteiger charge is 2.35. The first-order chi connectivity index (χ1) is 14.6. The molecule has 1 aliphatic heterocycles. The average Bonchev–Trinajstić information content (AvgIpc) is 2.78. The summed E-state index contributed by atoms with van der Waals surface area (Å²) in [7, 11) is 1.29. The van der Waals surface area contributed by atoms with Gasteiger partial charge in [0.2, 0.25) is 11.6 Å². The van der Waals surface area contributed by atoms with E-state index in [1.54, 1.807) is 48.5 Å². The highest BCUT2D eigenvalue weighted by molar-refractivity contribution is 6.27. The van der Waals surface area contributed by atoms with Gasteiger partial charge < -0.3 is 15.0 Å². The lowest BCUT2D eigenvalue weighted by Gasteiger charge is -2.34. The zero-order valence-electron chi connectivity index (χ0n) is 16.7. The fourth-order valence-corrected chi connectivity index (χ4v) is 3.89. The molecule has 2 aromatic rings. The molecule has 1 fully saturated rings. The minimum Gasteiger partial charge on any atom is -0.453 e. The van der Waals surface area contributed by atoms with Crippen LogP contribution < -0.4 is 10.6 Å². The number of hydrogen-bond donors (Lipinski definition) is 2. The Morgan fingerprint density at radius 1 is 0.900 bits per heavy atom. The Hall–Kier alpha value is -3.61. The third-order valence-electron chi connectivity index (χ3n) is 5.33. The third-order valence-corrected chi connectivity index (χ3v) is 5.33. The third kappa shape index (κ3) is 3.78. The van der Waals surface area contributed by atoms with Crippen molar-refractivity contribution in [1.29, 1.82) is 0 Å². The first kappa shape index (κ1) is 19.7. The van der Waals surface area contributed by atoms with Crippen molar-refractivity contribution in [3.05, 3.63) is 71.1 Å². The monoisotopic (exact) mass is 405 g/mol. The highest BCUT2D eigenvalue weighted by Crippen LogP contribution is 2.31. The van der Waals surface area contributed by atoms with Crippen molar-refractivity contribution in [3.63, 3.8) is 0 Å². The van der Waals surface area contributed by atoms with E-state index >= 15 is 0 Å². The number of methoxy groups -OCH3 is 1. The molecule has 2 aromatic carbocycles. The number of Topliss-reactive ketones (excluding diaryl/α,β-unsaturated/α-hetero) is 2. The van der Waals surface area contributed by atoms with E-state index in [-0.39, 0.29) is 17.3 Å². The van der Waals surface area contributed by atoms with Crippen molar-refractivity contribution in [2.24, 2.45) is 0 Å². The second-order valence-corrected chi connectivity index (χ2v) is 7.30. The first-order valence-corrected chi connectivity index (χ1v) is 9.98. The van der Waals surface area contributed by atoms with Crippen molar-refractivity contribution in [2.45, 2.75) is 19.3 Å². The number of carbonyl (C=O) groups excluding carboxylic acids is 3. The van der Waals surface area contributed by atoms with Gasteiger partial charge in [-0.3, -0.25) is 14.9 Å². The van der Waals surface area contributed by atoms with Gasteiger partial charge in [0.05, 0.1) is 7.11 Å². The number of allylic oxidation sites excluding steroid dienone is 2. The molecule has 0 atom stereocenters. The molecule has 1 aliphatic carbocycles. The Morgan fingerprint density at radius 2 is 1.57 bits per heavy atom. The van der Waals surface area contributed by atoms with Gasteiger partial charge in [-0.05, 0) is 37.5 Å². The number of piperidine rings is 1. The molecule has 2 aliphatic rings. The molecule has 7 nitrogen and oxygen atoms in total. The smallest absolute Gasteiger partial charge is 0.411 e. The SMILES string of the molecule is COC(=O)Nc1cccc(NC2=C(N3CCCCC3)C(=O)c3ccccc3C2=O)c1. The van der Waals surface area contributed by atoms with Gasteiger partial charge in [0.25, 0.3) is 0 Å². The van der Waals surface area contributed by atoms with Crippen LogP contribution in [0.1, 0.15) is 40.0 Å². The predicted molar refractivity (Wildman–Crippen MR) is 114 cm³/mol. The highest BCUT2D eigenvalue weighted by atomic mass is 16.5. The van der Waals surface area contributed by atoms with Gasteiger partial charge in [-0.1, -0.05) is 30.3 Å². The summed E-state index contributed by atoms with van der Waals surface area (Å²) in [6.45, 7) is 1.48. The number of hydrogen-bond acceptors (Lipinski definition) is 6. The number of nitrogens with one attached hydrogen (secondary N) is 2. The van der Waals surface area contributed by atoms with Crippen molar-refractivity contribution in [2.75, 3.05) is 30.8 Å². The lowest BCUT2D eigenvalue weighted by molar-refractivity contribution is 0.0935. The van der Waals surface area contributed by atoms with Gasteiger partial charge in [0, 0.05) is 35.6 Å². The molecular weight excluding hydrogens is 382 g/mol. The quantitative estimate of drug-likeness (QED) is 0.798. The second-order valence-electron chi connectivity index (χ2n) is 7.30. The summed E-state index contributed by atoms with van der Waals surface area (Å²) >= 11 is 0. The molecule has 7 heteroatoms. The summed E-state index contributed by atoms with van der Waals surface area (Å²) in [6.07, 6.45) is 2.50. The molecule has 1 amide bonds. The number of anilines is 2. The first-order valence-electron chi connectivity index (χ1n) is 9.98. The topological polar surface area (TPSA) is 87.7 Å². The molecule has 4 rings (SSSR count). The standard InChI is InChI=1S/C23H23N3O4/c1-30-23(29)25-16-9-7-8-15(14-16)24-19-20(26-12-5-2-6-13-26)22(28)18-11-4-3-10-17(18)21(19)27/h3-4,7-11,14,24H,2,5-6,12-13H2,1H3,(H,25,29). The van der Waals surface area contributed by atoms with Crippen LogP contribution in [-0.2, 0) is 4.74 Å². The number of ketones is 2. The Kier molecular flexibility index (Phi) is 5.52. The van der Waals surface area contributed by atoms with E-state index in [0.29, 0.717) is 28.2 Å². The van der Waals surface area contributed by atoms with Gasteiger partial charge in [0.15, 0.2) is 0 Å². The maximum absolute atomic E-state index is 13.3. The van der Waals surface area contributed by atoms with E-state index in [1.165, 1.54) is 7.11 Å². The summed E-state index contributed by atoms with van der Waals surface area (Å²) in [5, 5.41) is 5.76. The van der Waals surface area contributed by atoms with E-state index in [9.17, 15) is 14.4 Å². The Bertz CT molecular complexity index is 1040. The number of benzene rings is 2. The Balaban J connectivity index is 1.74. The predicted octanol–water partition coefficient (Wildman–Crippen LogP) is 4.05. The minimum atomic E-state index is -0.585. The van der Waals surface area contributed by atoms with E-state index in [2.05, 4.69) is 15.4 Å². The van der Waals surface area contributed by atoms with Crippen molar-refractivity contribution < 1.29 is 19.1 Å². The number of carbonyl (C=O) groups is 3. The summed E-state index contributed by atoms with van der Waals surface area (Å²) in [5.41, 5.74) is 2.64. The molecule has 0 radical (unpaired) electrons. The summed E-state index contributed by atoms with van der Waals surface area (Å²) in [5.74, 6) is -0.351. The van der Waals surface area contributed by atoms with Crippen molar-refractivity contribution in [1.82, 2.24) is 4.90 Å². The van der Waals surface area contributed by atoms with Gasteiger partial charge in [-0.2, -0.15) is 0 Å². The van der Waals surface area contributed by atoms with Crippen molar-refractivity contribution in [3.8, 4) is 0 Å². The molecule has 2 N–H and O–H groups in total. The van der Waals surface area contributed by atoms with Crippen LogP contribution in [0.15, 0.2) is 59.9 Å². The number of ether oxygens (including phenoxy) is 1. The minimum absolute atomic E-state index is 0.140. The number of fused-ring (bicyclic) bond motifs is 1. The molecule has 0 aromatic heterocycles. The van der Waals surface area contributed by atoms with Crippen LogP contribution >= 0.6 is 0 Å². The number of rotatable bonds is 4. The van der Waals surface area contributed by atoms with E-state index in [4.69, 9.17) is 0 Å². The van der Waals surface area contributed by atoms with Crippen LogP contribution in [0, 0.1) is 0 Å². The van der Waals surface area contributed by atoms with Crippen molar-refractivity contribution >= 4 is 29.0 Å². The second kappa shape index (κ2) is 8.41. The van der Waals surface area contributed by atoms with E-state index < -0.39 is 6.09 Å².